The molecule has 0 radical (unpaired) electrons. The Kier molecular flexibility index (Phi) is 4.04. The molecule has 0 aliphatic heterocycles. The van der Waals surface area contributed by atoms with E-state index in [9.17, 15) is 0 Å². The third-order valence-electron chi connectivity index (χ3n) is 3.10. The zero-order valence-electron chi connectivity index (χ0n) is 11.0. The standard InChI is InChI=1S/C16H17N3/c1-2-19(16-9-7-15(18)8-10-16)12-14-5-3-13(11-17)4-6-14/h3-10H,2,12,18H2,1H3. The summed E-state index contributed by atoms with van der Waals surface area (Å²) in [6, 6.07) is 17.7. The molecular formula is C16H17N3. The molecular weight excluding hydrogens is 234 g/mol. The molecule has 96 valence electrons. The molecule has 0 aromatic heterocycles. The van der Waals surface area contributed by atoms with Gasteiger partial charge in [-0.1, -0.05) is 12.1 Å². The molecule has 0 heterocycles. The maximum atomic E-state index is 8.79. The molecule has 2 N–H and O–H groups in total. The number of anilines is 2. The molecule has 0 fully saturated rings. The lowest BCUT2D eigenvalue weighted by Gasteiger charge is -2.23. The van der Waals surface area contributed by atoms with Crippen molar-refractivity contribution >= 4 is 11.4 Å². The van der Waals surface area contributed by atoms with Crippen molar-refractivity contribution in [1.82, 2.24) is 0 Å². The van der Waals surface area contributed by atoms with Crippen molar-refractivity contribution in [3.8, 4) is 6.07 Å². The van der Waals surface area contributed by atoms with Crippen molar-refractivity contribution in [1.29, 1.82) is 5.26 Å². The fourth-order valence-corrected chi connectivity index (χ4v) is 1.98. The smallest absolute Gasteiger partial charge is 0.0991 e. The molecule has 0 saturated heterocycles. The predicted molar refractivity (Wildman–Crippen MR) is 78.7 cm³/mol. The van der Waals surface area contributed by atoms with Crippen molar-refractivity contribution < 1.29 is 0 Å². The van der Waals surface area contributed by atoms with Gasteiger partial charge in [0.2, 0.25) is 0 Å². The third-order valence-corrected chi connectivity index (χ3v) is 3.10. The minimum absolute atomic E-state index is 0.694. The van der Waals surface area contributed by atoms with E-state index in [2.05, 4.69) is 17.9 Å². The van der Waals surface area contributed by atoms with Crippen molar-refractivity contribution in [2.24, 2.45) is 0 Å². The van der Waals surface area contributed by atoms with Gasteiger partial charge in [-0.15, -0.1) is 0 Å². The summed E-state index contributed by atoms with van der Waals surface area (Å²) < 4.78 is 0. The molecule has 2 rings (SSSR count). The first-order valence-corrected chi connectivity index (χ1v) is 6.32. The molecule has 0 saturated carbocycles. The van der Waals surface area contributed by atoms with Crippen molar-refractivity contribution in [3.05, 3.63) is 59.7 Å². The monoisotopic (exact) mass is 251 g/mol. The summed E-state index contributed by atoms with van der Waals surface area (Å²) in [5.74, 6) is 0. The van der Waals surface area contributed by atoms with Crippen LogP contribution in [0.5, 0.6) is 0 Å². The van der Waals surface area contributed by atoms with Gasteiger partial charge in [-0.3, -0.25) is 0 Å². The fourth-order valence-electron chi connectivity index (χ4n) is 1.98. The van der Waals surface area contributed by atoms with Crippen LogP contribution in [-0.2, 0) is 6.54 Å². The van der Waals surface area contributed by atoms with Crippen LogP contribution in [0.4, 0.5) is 11.4 Å². The van der Waals surface area contributed by atoms with Gasteiger partial charge in [0.05, 0.1) is 11.6 Å². The van der Waals surface area contributed by atoms with E-state index in [1.54, 1.807) is 0 Å². The van der Waals surface area contributed by atoms with Crippen LogP contribution in [0.15, 0.2) is 48.5 Å². The lowest BCUT2D eigenvalue weighted by Crippen LogP contribution is -2.21. The Morgan fingerprint density at radius 1 is 1.05 bits per heavy atom. The Labute approximate surface area is 113 Å². The molecule has 0 unspecified atom stereocenters. The molecule has 19 heavy (non-hydrogen) atoms. The summed E-state index contributed by atoms with van der Waals surface area (Å²) in [5.41, 5.74) is 9.52. The molecule has 0 spiro atoms. The Morgan fingerprint density at radius 3 is 2.21 bits per heavy atom. The Morgan fingerprint density at radius 2 is 1.68 bits per heavy atom. The summed E-state index contributed by atoms with van der Waals surface area (Å²) >= 11 is 0. The predicted octanol–water partition coefficient (Wildman–Crippen LogP) is 3.17. The Hall–Kier alpha value is -2.47. The molecule has 0 bridgehead atoms. The number of benzene rings is 2. The van der Waals surface area contributed by atoms with Gasteiger partial charge in [0, 0.05) is 24.5 Å². The lowest BCUT2D eigenvalue weighted by molar-refractivity contribution is 0.832. The summed E-state index contributed by atoms with van der Waals surface area (Å²) in [7, 11) is 0. The van der Waals surface area contributed by atoms with Crippen LogP contribution >= 0.6 is 0 Å². The van der Waals surface area contributed by atoms with Crippen LogP contribution in [0.2, 0.25) is 0 Å². The molecule has 0 aliphatic carbocycles. The molecule has 0 aliphatic rings. The SMILES string of the molecule is CCN(Cc1ccc(C#N)cc1)c1ccc(N)cc1. The summed E-state index contributed by atoms with van der Waals surface area (Å²) in [5, 5.41) is 8.79. The highest BCUT2D eigenvalue weighted by atomic mass is 15.1. The van der Waals surface area contributed by atoms with Gasteiger partial charge < -0.3 is 10.6 Å². The fraction of sp³-hybridized carbons (Fsp3) is 0.188. The van der Waals surface area contributed by atoms with E-state index in [-0.39, 0.29) is 0 Å². The van der Waals surface area contributed by atoms with E-state index in [1.165, 1.54) is 5.56 Å². The van der Waals surface area contributed by atoms with E-state index >= 15 is 0 Å². The van der Waals surface area contributed by atoms with Crippen molar-refractivity contribution in [2.75, 3.05) is 17.2 Å². The average molecular weight is 251 g/mol. The molecule has 0 atom stereocenters. The first-order valence-electron chi connectivity index (χ1n) is 6.32. The summed E-state index contributed by atoms with van der Waals surface area (Å²) in [4.78, 5) is 2.26. The van der Waals surface area contributed by atoms with Gasteiger partial charge in [0.25, 0.3) is 0 Å². The number of nitriles is 1. The van der Waals surface area contributed by atoms with E-state index in [1.807, 2.05) is 48.5 Å². The highest BCUT2D eigenvalue weighted by Gasteiger charge is 2.05. The zero-order valence-corrected chi connectivity index (χ0v) is 11.0. The largest absolute Gasteiger partial charge is 0.399 e. The quantitative estimate of drug-likeness (QED) is 0.849. The maximum absolute atomic E-state index is 8.79. The number of hydrogen-bond acceptors (Lipinski definition) is 3. The highest BCUT2D eigenvalue weighted by Crippen LogP contribution is 2.18. The first-order chi connectivity index (χ1) is 9.22. The van der Waals surface area contributed by atoms with Crippen LogP contribution in [0, 0.1) is 11.3 Å². The number of nitrogens with zero attached hydrogens (tertiary/aromatic N) is 2. The van der Waals surface area contributed by atoms with E-state index in [0.717, 1.165) is 24.5 Å². The van der Waals surface area contributed by atoms with E-state index < -0.39 is 0 Å². The number of hydrogen-bond donors (Lipinski definition) is 1. The maximum Gasteiger partial charge on any atom is 0.0991 e. The van der Waals surface area contributed by atoms with Crippen LogP contribution in [0.3, 0.4) is 0 Å². The first kappa shape index (κ1) is 13.0. The van der Waals surface area contributed by atoms with Crippen molar-refractivity contribution in [2.45, 2.75) is 13.5 Å². The normalized spacial score (nSPS) is 9.89. The zero-order chi connectivity index (χ0) is 13.7. The summed E-state index contributed by atoms with van der Waals surface area (Å²) in [6.45, 7) is 3.87. The van der Waals surface area contributed by atoms with Gasteiger partial charge in [-0.05, 0) is 48.9 Å². The minimum Gasteiger partial charge on any atom is -0.399 e. The van der Waals surface area contributed by atoms with E-state index in [0.29, 0.717) is 5.56 Å². The van der Waals surface area contributed by atoms with Gasteiger partial charge in [0.1, 0.15) is 0 Å². The topological polar surface area (TPSA) is 53.0 Å². The average Bonchev–Trinajstić information content (AvgIpc) is 2.46. The Balaban J connectivity index is 2.14. The molecule has 2 aromatic carbocycles. The van der Waals surface area contributed by atoms with Crippen molar-refractivity contribution in [3.63, 3.8) is 0 Å². The van der Waals surface area contributed by atoms with Crippen LogP contribution < -0.4 is 10.6 Å². The molecule has 0 amide bonds. The number of nitrogen functional groups attached to an aromatic ring is 1. The number of nitrogens with two attached hydrogens (primary N) is 1. The van der Waals surface area contributed by atoms with Crippen LogP contribution in [0.1, 0.15) is 18.1 Å². The molecule has 2 aromatic rings. The second-order valence-corrected chi connectivity index (χ2v) is 4.41. The van der Waals surface area contributed by atoms with E-state index in [4.69, 9.17) is 11.0 Å². The van der Waals surface area contributed by atoms with Gasteiger partial charge in [-0.2, -0.15) is 5.26 Å². The van der Waals surface area contributed by atoms with Crippen LogP contribution in [0.25, 0.3) is 0 Å². The second-order valence-electron chi connectivity index (χ2n) is 4.41. The molecule has 3 heteroatoms. The van der Waals surface area contributed by atoms with Gasteiger partial charge >= 0.3 is 0 Å². The van der Waals surface area contributed by atoms with Gasteiger partial charge in [0.15, 0.2) is 0 Å². The lowest BCUT2D eigenvalue weighted by atomic mass is 10.1. The Bertz CT molecular complexity index is 564. The number of rotatable bonds is 4. The van der Waals surface area contributed by atoms with Crippen LogP contribution in [-0.4, -0.2) is 6.54 Å². The second kappa shape index (κ2) is 5.92. The van der Waals surface area contributed by atoms with Gasteiger partial charge in [-0.25, -0.2) is 0 Å². The third kappa shape index (κ3) is 3.26. The molecule has 3 nitrogen and oxygen atoms in total. The highest BCUT2D eigenvalue weighted by molar-refractivity contribution is 5.53. The summed E-state index contributed by atoms with van der Waals surface area (Å²) in [6.07, 6.45) is 0. The minimum atomic E-state index is 0.694.